The minimum absolute atomic E-state index is 0.103. The molecule has 0 radical (unpaired) electrons. The van der Waals surface area contributed by atoms with Crippen molar-refractivity contribution in [2.45, 2.75) is 64.3 Å². The van der Waals surface area contributed by atoms with E-state index in [2.05, 4.69) is 6.58 Å². The van der Waals surface area contributed by atoms with E-state index in [-0.39, 0.29) is 17.5 Å². The lowest BCUT2D eigenvalue weighted by molar-refractivity contribution is -0.192. The van der Waals surface area contributed by atoms with Crippen molar-refractivity contribution >= 4 is 17.9 Å². The van der Waals surface area contributed by atoms with Crippen LogP contribution in [0.5, 0.6) is 0 Å². The number of carbonyl (C=O) groups excluding carboxylic acids is 3. The Morgan fingerprint density at radius 2 is 2.00 bits per heavy atom. The molecule has 0 aromatic carbocycles. The molecule has 122 valence electrons. The molecule has 1 saturated heterocycles. The van der Waals surface area contributed by atoms with Gasteiger partial charge in [-0.25, -0.2) is 9.59 Å². The Hall–Kier alpha value is -1.85. The molecule has 3 atom stereocenters. The molecule has 0 amide bonds. The number of hydrogen-bond acceptors (Lipinski definition) is 6. The molecule has 0 aromatic rings. The van der Waals surface area contributed by atoms with Gasteiger partial charge in [-0.05, 0) is 40.5 Å². The van der Waals surface area contributed by atoms with Gasteiger partial charge in [0.1, 0.15) is 11.7 Å². The maximum absolute atomic E-state index is 12.3. The molecule has 0 N–H and O–H groups in total. The van der Waals surface area contributed by atoms with Gasteiger partial charge in [0.25, 0.3) is 0 Å². The van der Waals surface area contributed by atoms with Crippen LogP contribution < -0.4 is 0 Å². The lowest BCUT2D eigenvalue weighted by Gasteiger charge is -2.36. The first-order valence-corrected chi connectivity index (χ1v) is 7.38. The molecule has 2 rings (SSSR count). The van der Waals surface area contributed by atoms with Gasteiger partial charge in [-0.15, -0.1) is 0 Å². The monoisotopic (exact) mass is 310 g/mol. The van der Waals surface area contributed by atoms with Crippen molar-refractivity contribution in [1.29, 1.82) is 0 Å². The molecule has 6 nitrogen and oxygen atoms in total. The average Bonchev–Trinajstić information content (AvgIpc) is 2.63. The van der Waals surface area contributed by atoms with Crippen LogP contribution >= 0.6 is 0 Å². The highest BCUT2D eigenvalue weighted by Gasteiger charge is 2.54. The summed E-state index contributed by atoms with van der Waals surface area (Å²) in [4.78, 5) is 35.6. The van der Waals surface area contributed by atoms with E-state index in [0.29, 0.717) is 19.3 Å². The predicted octanol–water partition coefficient (Wildman–Crippen LogP) is 1.91. The van der Waals surface area contributed by atoms with Crippen LogP contribution in [0.4, 0.5) is 0 Å². The van der Waals surface area contributed by atoms with Gasteiger partial charge in [0, 0.05) is 12.0 Å². The minimum atomic E-state index is -1.42. The zero-order chi connectivity index (χ0) is 16.7. The smallest absolute Gasteiger partial charge is 0.350 e. The average molecular weight is 310 g/mol. The van der Waals surface area contributed by atoms with E-state index < -0.39 is 29.2 Å². The lowest BCUT2D eigenvalue weighted by Crippen LogP contribution is -2.48. The minimum Gasteiger partial charge on any atom is -0.455 e. The molecule has 0 aromatic heterocycles. The van der Waals surface area contributed by atoms with Gasteiger partial charge in [0.05, 0.1) is 5.92 Å². The quantitative estimate of drug-likeness (QED) is 0.448. The number of ether oxygens (including phenoxy) is 3. The third-order valence-corrected chi connectivity index (χ3v) is 4.21. The predicted molar refractivity (Wildman–Crippen MR) is 76.7 cm³/mol. The van der Waals surface area contributed by atoms with E-state index >= 15 is 0 Å². The van der Waals surface area contributed by atoms with Gasteiger partial charge in [-0.3, -0.25) is 4.79 Å². The highest BCUT2D eigenvalue weighted by atomic mass is 16.6. The summed E-state index contributed by atoms with van der Waals surface area (Å²) in [6.07, 6.45) is 1.22. The van der Waals surface area contributed by atoms with Crippen LogP contribution in [0.3, 0.4) is 0 Å². The van der Waals surface area contributed by atoms with Crippen molar-refractivity contribution in [2.24, 2.45) is 5.92 Å². The third-order valence-electron chi connectivity index (χ3n) is 4.21. The Labute approximate surface area is 129 Å². The number of carbonyl (C=O) groups is 3. The highest BCUT2D eigenvalue weighted by molar-refractivity contribution is 5.90. The Bertz CT molecular complexity index is 535. The van der Waals surface area contributed by atoms with Crippen molar-refractivity contribution in [2.75, 3.05) is 0 Å². The van der Waals surface area contributed by atoms with Gasteiger partial charge in [-0.1, -0.05) is 6.58 Å². The normalized spacial score (nSPS) is 30.5. The van der Waals surface area contributed by atoms with Crippen LogP contribution in [0.2, 0.25) is 0 Å². The number of rotatable bonds is 4. The van der Waals surface area contributed by atoms with Gasteiger partial charge >= 0.3 is 17.9 Å². The zero-order valence-corrected chi connectivity index (χ0v) is 13.4. The Morgan fingerprint density at radius 3 is 2.59 bits per heavy atom. The molecule has 3 unspecified atom stereocenters. The summed E-state index contributed by atoms with van der Waals surface area (Å²) in [7, 11) is 0. The Balaban J connectivity index is 2.04. The highest BCUT2D eigenvalue weighted by Crippen LogP contribution is 2.44. The standard InChI is InChI=1S/C16H22O6/c1-9(2)12(17)21-15(3,4)14(19)20-11-7-6-10-8-16(11,5)22-13(10)18/h10-11H,1,6-8H2,2-5H3. The fourth-order valence-electron chi connectivity index (χ4n) is 2.82. The van der Waals surface area contributed by atoms with Gasteiger partial charge in [0.2, 0.25) is 5.60 Å². The molecular weight excluding hydrogens is 288 g/mol. The molecule has 2 bridgehead atoms. The number of fused-ring (bicyclic) bond motifs is 2. The van der Waals surface area contributed by atoms with Crippen molar-refractivity contribution < 1.29 is 28.6 Å². The maximum atomic E-state index is 12.3. The summed E-state index contributed by atoms with van der Waals surface area (Å²) in [6, 6.07) is 0. The number of esters is 3. The lowest BCUT2D eigenvalue weighted by atomic mass is 9.80. The van der Waals surface area contributed by atoms with Crippen LogP contribution in [-0.2, 0) is 28.6 Å². The number of hydrogen-bond donors (Lipinski definition) is 0. The van der Waals surface area contributed by atoms with Crippen LogP contribution in [0, 0.1) is 5.92 Å². The van der Waals surface area contributed by atoms with E-state index in [4.69, 9.17) is 14.2 Å². The summed E-state index contributed by atoms with van der Waals surface area (Å²) in [5, 5.41) is 0. The summed E-state index contributed by atoms with van der Waals surface area (Å²) < 4.78 is 16.0. The molecule has 2 aliphatic rings. The van der Waals surface area contributed by atoms with E-state index in [1.54, 1.807) is 6.92 Å². The largest absolute Gasteiger partial charge is 0.455 e. The molecule has 1 heterocycles. The topological polar surface area (TPSA) is 78.9 Å². The second-order valence-corrected chi connectivity index (χ2v) is 6.79. The fraction of sp³-hybridized carbons (Fsp3) is 0.688. The molecule has 1 aliphatic heterocycles. The Morgan fingerprint density at radius 1 is 1.36 bits per heavy atom. The molecule has 1 aliphatic carbocycles. The second-order valence-electron chi connectivity index (χ2n) is 6.79. The summed E-state index contributed by atoms with van der Waals surface area (Å²) >= 11 is 0. The first-order chi connectivity index (χ1) is 10.0. The van der Waals surface area contributed by atoms with Crippen molar-refractivity contribution in [3.8, 4) is 0 Å². The molecule has 1 saturated carbocycles. The molecule has 2 fully saturated rings. The maximum Gasteiger partial charge on any atom is 0.350 e. The summed E-state index contributed by atoms with van der Waals surface area (Å²) in [5.74, 6) is -1.64. The van der Waals surface area contributed by atoms with E-state index in [9.17, 15) is 14.4 Å². The van der Waals surface area contributed by atoms with Crippen molar-refractivity contribution in [3.63, 3.8) is 0 Å². The summed E-state index contributed by atoms with van der Waals surface area (Å²) in [6.45, 7) is 9.68. The van der Waals surface area contributed by atoms with Crippen molar-refractivity contribution in [1.82, 2.24) is 0 Å². The summed E-state index contributed by atoms with van der Waals surface area (Å²) in [5.41, 5.74) is -2.01. The van der Waals surface area contributed by atoms with Crippen LogP contribution in [0.1, 0.15) is 47.0 Å². The SMILES string of the molecule is C=C(C)C(=O)OC(C)(C)C(=O)OC1CCC2CC1(C)OC2=O. The zero-order valence-electron chi connectivity index (χ0n) is 13.4. The van der Waals surface area contributed by atoms with Gasteiger partial charge < -0.3 is 14.2 Å². The van der Waals surface area contributed by atoms with Crippen LogP contribution in [0.25, 0.3) is 0 Å². The first kappa shape index (κ1) is 16.5. The van der Waals surface area contributed by atoms with E-state index in [1.807, 2.05) is 0 Å². The van der Waals surface area contributed by atoms with Crippen molar-refractivity contribution in [3.05, 3.63) is 12.2 Å². The van der Waals surface area contributed by atoms with Gasteiger partial charge in [-0.2, -0.15) is 0 Å². The molecule has 6 heteroatoms. The fourth-order valence-corrected chi connectivity index (χ4v) is 2.82. The van der Waals surface area contributed by atoms with Crippen LogP contribution in [0.15, 0.2) is 12.2 Å². The van der Waals surface area contributed by atoms with E-state index in [1.165, 1.54) is 20.8 Å². The Kier molecular flexibility index (Phi) is 4.06. The third kappa shape index (κ3) is 3.00. The molecule has 22 heavy (non-hydrogen) atoms. The molecule has 0 spiro atoms. The molecular formula is C16H22O6. The van der Waals surface area contributed by atoms with Crippen LogP contribution in [-0.4, -0.2) is 35.2 Å². The second kappa shape index (κ2) is 5.41. The van der Waals surface area contributed by atoms with Gasteiger partial charge in [0.15, 0.2) is 0 Å². The first-order valence-electron chi connectivity index (χ1n) is 7.38. The van der Waals surface area contributed by atoms with E-state index in [0.717, 1.165) is 0 Å².